The first kappa shape index (κ1) is 11.3. The van der Waals surface area contributed by atoms with E-state index in [2.05, 4.69) is 6.92 Å². The molecule has 0 nitrogen and oxygen atoms in total. The van der Waals surface area contributed by atoms with Gasteiger partial charge in [-0.05, 0) is 43.4 Å². The smallest absolute Gasteiger partial charge is 0.207 e. The standard InChI is InChI=1S/C13H22F2/c1-10-2-4-11(5-3-10)12-6-8-13(14,15)9-7-12/h10-12H,2-9H2,1H3. The molecule has 0 heterocycles. The Labute approximate surface area is 91.4 Å². The first-order valence-corrected chi connectivity index (χ1v) is 6.45. The summed E-state index contributed by atoms with van der Waals surface area (Å²) in [5.41, 5.74) is 0. The lowest BCUT2D eigenvalue weighted by atomic mass is 9.71. The van der Waals surface area contributed by atoms with Crippen LogP contribution in [0, 0.1) is 17.8 Å². The van der Waals surface area contributed by atoms with E-state index >= 15 is 0 Å². The minimum atomic E-state index is -2.35. The molecule has 2 rings (SSSR count). The molecule has 0 saturated heterocycles. The summed E-state index contributed by atoms with van der Waals surface area (Å²) in [6, 6.07) is 0. The minimum Gasteiger partial charge on any atom is -0.207 e. The van der Waals surface area contributed by atoms with Crippen LogP contribution in [0.3, 0.4) is 0 Å². The Kier molecular flexibility index (Phi) is 3.32. The summed E-state index contributed by atoms with van der Waals surface area (Å²) >= 11 is 0. The van der Waals surface area contributed by atoms with E-state index < -0.39 is 5.92 Å². The van der Waals surface area contributed by atoms with Gasteiger partial charge in [-0.15, -0.1) is 0 Å². The van der Waals surface area contributed by atoms with Gasteiger partial charge >= 0.3 is 0 Å². The van der Waals surface area contributed by atoms with Crippen molar-refractivity contribution in [1.29, 1.82) is 0 Å². The third-order valence-electron chi connectivity index (χ3n) is 4.49. The Morgan fingerprint density at radius 1 is 0.800 bits per heavy atom. The Bertz CT molecular complexity index is 195. The molecule has 0 radical (unpaired) electrons. The molecule has 0 unspecified atom stereocenters. The molecule has 2 fully saturated rings. The number of alkyl halides is 2. The monoisotopic (exact) mass is 216 g/mol. The molecule has 0 aromatic rings. The van der Waals surface area contributed by atoms with Crippen LogP contribution in [-0.2, 0) is 0 Å². The zero-order valence-corrected chi connectivity index (χ0v) is 9.64. The fourth-order valence-corrected chi connectivity index (χ4v) is 3.29. The van der Waals surface area contributed by atoms with Crippen molar-refractivity contribution < 1.29 is 8.78 Å². The summed E-state index contributed by atoms with van der Waals surface area (Å²) in [6.07, 6.45) is 7.04. The van der Waals surface area contributed by atoms with Crippen LogP contribution in [0.15, 0.2) is 0 Å². The predicted molar refractivity (Wildman–Crippen MR) is 58.0 cm³/mol. The third kappa shape index (κ3) is 2.92. The molecule has 0 atom stereocenters. The second-order valence-electron chi connectivity index (χ2n) is 5.71. The lowest BCUT2D eigenvalue weighted by molar-refractivity contribution is -0.0548. The first-order valence-electron chi connectivity index (χ1n) is 6.45. The molecule has 2 saturated carbocycles. The fraction of sp³-hybridized carbons (Fsp3) is 1.00. The zero-order valence-electron chi connectivity index (χ0n) is 9.64. The highest BCUT2D eigenvalue weighted by Gasteiger charge is 2.38. The second-order valence-corrected chi connectivity index (χ2v) is 5.71. The maximum absolute atomic E-state index is 13.0. The maximum Gasteiger partial charge on any atom is 0.248 e. The SMILES string of the molecule is CC1CCC(C2CCC(F)(F)CC2)CC1. The van der Waals surface area contributed by atoms with Crippen molar-refractivity contribution in [3.63, 3.8) is 0 Å². The van der Waals surface area contributed by atoms with E-state index in [1.54, 1.807) is 0 Å². The van der Waals surface area contributed by atoms with Crippen molar-refractivity contribution in [3.8, 4) is 0 Å². The van der Waals surface area contributed by atoms with Gasteiger partial charge in [-0.2, -0.15) is 0 Å². The second kappa shape index (κ2) is 4.39. The van der Waals surface area contributed by atoms with E-state index in [4.69, 9.17) is 0 Å². The molecular weight excluding hydrogens is 194 g/mol. The van der Waals surface area contributed by atoms with Gasteiger partial charge < -0.3 is 0 Å². The van der Waals surface area contributed by atoms with Crippen molar-refractivity contribution in [3.05, 3.63) is 0 Å². The van der Waals surface area contributed by atoms with Crippen LogP contribution < -0.4 is 0 Å². The highest BCUT2D eigenvalue weighted by Crippen LogP contribution is 2.43. The molecule has 0 aromatic carbocycles. The Balaban J connectivity index is 1.80. The number of hydrogen-bond acceptors (Lipinski definition) is 0. The molecular formula is C13H22F2. The Hall–Kier alpha value is -0.140. The van der Waals surface area contributed by atoms with Crippen LogP contribution in [0.1, 0.15) is 58.3 Å². The molecule has 0 bridgehead atoms. The molecule has 0 aromatic heterocycles. The molecule has 0 N–H and O–H groups in total. The van der Waals surface area contributed by atoms with Gasteiger partial charge in [0, 0.05) is 12.8 Å². The van der Waals surface area contributed by atoms with Crippen LogP contribution in [0.4, 0.5) is 8.78 Å². The van der Waals surface area contributed by atoms with Crippen molar-refractivity contribution in [2.24, 2.45) is 17.8 Å². The normalized spacial score (nSPS) is 37.8. The molecule has 0 aliphatic heterocycles. The zero-order chi connectivity index (χ0) is 10.9. The molecule has 15 heavy (non-hydrogen) atoms. The van der Waals surface area contributed by atoms with E-state index in [1.807, 2.05) is 0 Å². The molecule has 0 spiro atoms. The van der Waals surface area contributed by atoms with Crippen LogP contribution in [0.5, 0.6) is 0 Å². The van der Waals surface area contributed by atoms with E-state index in [9.17, 15) is 8.78 Å². The summed E-state index contributed by atoms with van der Waals surface area (Å²) in [4.78, 5) is 0. The molecule has 2 aliphatic rings. The Morgan fingerprint density at radius 3 is 1.80 bits per heavy atom. The fourth-order valence-electron chi connectivity index (χ4n) is 3.29. The van der Waals surface area contributed by atoms with Gasteiger partial charge in [-0.3, -0.25) is 0 Å². The van der Waals surface area contributed by atoms with Gasteiger partial charge in [-0.25, -0.2) is 8.78 Å². The number of rotatable bonds is 1. The van der Waals surface area contributed by atoms with Crippen LogP contribution in [0.25, 0.3) is 0 Å². The predicted octanol–water partition coefficient (Wildman–Crippen LogP) is 4.64. The maximum atomic E-state index is 13.0. The summed E-state index contributed by atoms with van der Waals surface area (Å²) in [7, 11) is 0. The number of hydrogen-bond donors (Lipinski definition) is 0. The lowest BCUT2D eigenvalue weighted by Gasteiger charge is -2.37. The molecule has 88 valence electrons. The van der Waals surface area contributed by atoms with Crippen molar-refractivity contribution >= 4 is 0 Å². The van der Waals surface area contributed by atoms with E-state index in [-0.39, 0.29) is 12.8 Å². The summed E-state index contributed by atoms with van der Waals surface area (Å²) in [6.45, 7) is 2.31. The molecule has 0 amide bonds. The summed E-state index contributed by atoms with van der Waals surface area (Å²) < 4.78 is 26.0. The average molecular weight is 216 g/mol. The van der Waals surface area contributed by atoms with Gasteiger partial charge in [0.25, 0.3) is 0 Å². The van der Waals surface area contributed by atoms with Gasteiger partial charge in [0.1, 0.15) is 0 Å². The van der Waals surface area contributed by atoms with Crippen LogP contribution >= 0.6 is 0 Å². The molecule has 2 aliphatic carbocycles. The first-order chi connectivity index (χ1) is 7.07. The quantitative estimate of drug-likeness (QED) is 0.599. The van der Waals surface area contributed by atoms with Gasteiger partial charge in [0.15, 0.2) is 0 Å². The van der Waals surface area contributed by atoms with E-state index in [1.165, 1.54) is 25.7 Å². The van der Waals surface area contributed by atoms with Gasteiger partial charge in [0.2, 0.25) is 5.92 Å². The number of halogens is 2. The van der Waals surface area contributed by atoms with Crippen molar-refractivity contribution in [2.45, 2.75) is 64.2 Å². The highest BCUT2D eigenvalue weighted by atomic mass is 19.3. The van der Waals surface area contributed by atoms with Crippen LogP contribution in [0.2, 0.25) is 0 Å². The lowest BCUT2D eigenvalue weighted by Crippen LogP contribution is -2.30. The summed E-state index contributed by atoms with van der Waals surface area (Å²) in [5, 5.41) is 0. The van der Waals surface area contributed by atoms with Crippen molar-refractivity contribution in [2.75, 3.05) is 0 Å². The van der Waals surface area contributed by atoms with E-state index in [0.29, 0.717) is 5.92 Å². The molecule has 2 heteroatoms. The van der Waals surface area contributed by atoms with E-state index in [0.717, 1.165) is 24.7 Å². The topological polar surface area (TPSA) is 0 Å². The Morgan fingerprint density at radius 2 is 1.27 bits per heavy atom. The van der Waals surface area contributed by atoms with Gasteiger partial charge in [-0.1, -0.05) is 19.8 Å². The largest absolute Gasteiger partial charge is 0.248 e. The van der Waals surface area contributed by atoms with Crippen LogP contribution in [-0.4, -0.2) is 5.92 Å². The minimum absolute atomic E-state index is 0.143. The summed E-state index contributed by atoms with van der Waals surface area (Å²) in [5.74, 6) is -0.112. The van der Waals surface area contributed by atoms with Gasteiger partial charge in [0.05, 0.1) is 0 Å². The average Bonchev–Trinajstić information content (AvgIpc) is 2.20. The third-order valence-corrected chi connectivity index (χ3v) is 4.49. The van der Waals surface area contributed by atoms with Crippen molar-refractivity contribution in [1.82, 2.24) is 0 Å². The highest BCUT2D eigenvalue weighted by molar-refractivity contribution is 4.83.